The first-order valence-corrected chi connectivity index (χ1v) is 13.8. The van der Waals surface area contributed by atoms with Crippen LogP contribution < -0.4 is 10.5 Å². The average molecular weight is 511 g/mol. The van der Waals surface area contributed by atoms with Crippen molar-refractivity contribution >= 4 is 39.0 Å². The van der Waals surface area contributed by atoms with E-state index in [1.54, 1.807) is 11.3 Å². The van der Waals surface area contributed by atoms with Gasteiger partial charge >= 0.3 is 0 Å². The summed E-state index contributed by atoms with van der Waals surface area (Å²) in [5.41, 5.74) is 13.6. The number of aromatic nitrogens is 4. The first-order valence-electron chi connectivity index (χ1n) is 12.9. The molecule has 5 heterocycles. The highest BCUT2D eigenvalue weighted by Crippen LogP contribution is 2.38. The molecule has 0 spiro atoms. The van der Waals surface area contributed by atoms with Gasteiger partial charge in [0.05, 0.1) is 24.3 Å². The maximum Gasteiger partial charge on any atom is 0.158 e. The van der Waals surface area contributed by atoms with E-state index in [4.69, 9.17) is 20.4 Å². The smallest absolute Gasteiger partial charge is 0.158 e. The van der Waals surface area contributed by atoms with Crippen LogP contribution in [0.4, 0.5) is 0 Å². The zero-order valence-electron chi connectivity index (χ0n) is 21.0. The van der Waals surface area contributed by atoms with Gasteiger partial charge in [0, 0.05) is 52.4 Å². The number of fused-ring (bicyclic) bond motifs is 1. The number of hydrogen-bond donors (Lipinski definition) is 1. The molecule has 0 saturated carbocycles. The van der Waals surface area contributed by atoms with Crippen molar-refractivity contribution in [3.63, 3.8) is 0 Å². The van der Waals surface area contributed by atoms with Gasteiger partial charge in [0.1, 0.15) is 22.9 Å². The Hall–Kier alpha value is -3.62. The molecule has 0 aliphatic carbocycles. The van der Waals surface area contributed by atoms with Crippen LogP contribution in [0.5, 0.6) is 5.75 Å². The summed E-state index contributed by atoms with van der Waals surface area (Å²) in [6.45, 7) is 10.4. The predicted molar refractivity (Wildman–Crippen MR) is 150 cm³/mol. The van der Waals surface area contributed by atoms with E-state index in [-0.39, 0.29) is 6.04 Å². The third-order valence-corrected chi connectivity index (χ3v) is 8.50. The molecule has 0 radical (unpaired) electrons. The monoisotopic (exact) mass is 510 g/mol. The molecule has 1 fully saturated rings. The van der Waals surface area contributed by atoms with Gasteiger partial charge < -0.3 is 24.5 Å². The minimum absolute atomic E-state index is 0.193. The fourth-order valence-electron chi connectivity index (χ4n) is 5.78. The van der Waals surface area contributed by atoms with Crippen LogP contribution in [-0.4, -0.2) is 49.7 Å². The van der Waals surface area contributed by atoms with Gasteiger partial charge in [-0.3, -0.25) is 0 Å². The molecule has 1 saturated heterocycles. The molecule has 188 valence electrons. The summed E-state index contributed by atoms with van der Waals surface area (Å²) in [7, 11) is 0. The zero-order chi connectivity index (χ0) is 25.1. The Morgan fingerprint density at radius 1 is 1.19 bits per heavy atom. The lowest BCUT2D eigenvalue weighted by Crippen LogP contribution is -2.41. The van der Waals surface area contributed by atoms with Gasteiger partial charge in [-0.25, -0.2) is 9.97 Å². The quantitative estimate of drug-likeness (QED) is 0.349. The molecule has 0 unspecified atom stereocenters. The lowest BCUT2D eigenvalue weighted by molar-refractivity contribution is 0.286. The molecule has 2 aliphatic rings. The highest BCUT2D eigenvalue weighted by molar-refractivity contribution is 7.09. The molecule has 2 aliphatic heterocycles. The van der Waals surface area contributed by atoms with Crippen molar-refractivity contribution in [2.75, 3.05) is 19.7 Å². The van der Waals surface area contributed by atoms with Crippen LogP contribution in [0.3, 0.4) is 0 Å². The number of rotatable bonds is 5. The lowest BCUT2D eigenvalue weighted by atomic mass is 10.0. The SMILES string of the molecule is C=C(c1cc2c3c(c1)nc(-c1cc4ccccc4n1Cc1nc(C)cs1)n3CCO2)N1CCC[C@@H](N)C1. The maximum absolute atomic E-state index is 6.26. The number of nitrogens with zero attached hydrogens (tertiary/aromatic N) is 5. The van der Waals surface area contributed by atoms with Gasteiger partial charge in [-0.1, -0.05) is 24.8 Å². The first kappa shape index (κ1) is 22.6. The van der Waals surface area contributed by atoms with Crippen molar-refractivity contribution in [2.45, 2.75) is 38.9 Å². The Bertz CT molecular complexity index is 1660. The van der Waals surface area contributed by atoms with E-state index >= 15 is 0 Å². The number of benzene rings is 2. The second kappa shape index (κ2) is 8.75. The molecule has 5 aromatic rings. The predicted octanol–water partition coefficient (Wildman–Crippen LogP) is 5.26. The number of imidazole rings is 1. The molecule has 7 rings (SSSR count). The first-order chi connectivity index (χ1) is 18.0. The van der Waals surface area contributed by atoms with E-state index < -0.39 is 0 Å². The lowest BCUT2D eigenvalue weighted by Gasteiger charge is -2.34. The van der Waals surface area contributed by atoms with Crippen molar-refractivity contribution < 1.29 is 4.74 Å². The van der Waals surface area contributed by atoms with Crippen molar-refractivity contribution in [2.24, 2.45) is 5.73 Å². The van der Waals surface area contributed by atoms with Crippen LogP contribution in [0.25, 0.3) is 39.2 Å². The normalized spacial score (nSPS) is 17.5. The molecule has 1 atom stereocenters. The molecule has 0 amide bonds. The van der Waals surface area contributed by atoms with E-state index in [1.165, 1.54) is 10.9 Å². The number of likely N-dealkylation sites (tertiary alicyclic amines) is 1. The number of piperidine rings is 1. The largest absolute Gasteiger partial charge is 0.489 e. The number of aryl methyl sites for hydroxylation is 1. The number of hydrogen-bond acceptors (Lipinski definition) is 6. The van der Waals surface area contributed by atoms with E-state index in [9.17, 15) is 0 Å². The molecule has 0 bridgehead atoms. The van der Waals surface area contributed by atoms with E-state index in [1.807, 2.05) is 6.92 Å². The fraction of sp³-hybridized carbons (Fsp3) is 0.310. The Morgan fingerprint density at radius 3 is 2.92 bits per heavy atom. The Balaban J connectivity index is 1.37. The van der Waals surface area contributed by atoms with Gasteiger partial charge in [-0.2, -0.15) is 0 Å². The summed E-state index contributed by atoms with van der Waals surface area (Å²) in [6.07, 6.45) is 2.16. The minimum atomic E-state index is 0.193. The van der Waals surface area contributed by atoms with Gasteiger partial charge in [0.15, 0.2) is 5.82 Å². The van der Waals surface area contributed by atoms with Gasteiger partial charge in [0.2, 0.25) is 0 Å². The highest BCUT2D eigenvalue weighted by atomic mass is 32.1. The standard InChI is InChI=1S/C29H30N6OS/c1-18-17-37-27(31-18)16-35-24-8-4-3-6-20(24)13-25(35)29-32-23-12-21(14-26-28(23)34(29)10-11-36-26)19(2)33-9-5-7-22(30)15-33/h3-4,6,8,12-14,17,22H,2,5,7,9-11,15-16,30H2,1H3/t22-/m1/s1. The molecule has 2 aromatic carbocycles. The summed E-state index contributed by atoms with van der Waals surface area (Å²) in [5.74, 6) is 1.84. The average Bonchev–Trinajstić information content (AvgIpc) is 3.60. The van der Waals surface area contributed by atoms with Crippen molar-refractivity contribution in [3.05, 3.63) is 70.7 Å². The molecule has 8 heteroatoms. The number of thiazole rings is 1. The second-order valence-electron chi connectivity index (χ2n) is 10.1. The van der Waals surface area contributed by atoms with Crippen LogP contribution in [-0.2, 0) is 13.1 Å². The van der Waals surface area contributed by atoms with Crippen LogP contribution in [0, 0.1) is 6.92 Å². The van der Waals surface area contributed by atoms with Crippen molar-refractivity contribution in [3.8, 4) is 17.3 Å². The molecule has 37 heavy (non-hydrogen) atoms. The third kappa shape index (κ3) is 3.83. The van der Waals surface area contributed by atoms with Crippen LogP contribution in [0.1, 0.15) is 29.1 Å². The van der Waals surface area contributed by atoms with E-state index in [0.717, 1.165) is 82.7 Å². The van der Waals surface area contributed by atoms with E-state index in [2.05, 4.69) is 68.5 Å². The molecular formula is C29H30N6OS. The van der Waals surface area contributed by atoms with Gasteiger partial charge in [0.25, 0.3) is 0 Å². The maximum atomic E-state index is 6.26. The minimum Gasteiger partial charge on any atom is -0.489 e. The zero-order valence-corrected chi connectivity index (χ0v) is 21.8. The summed E-state index contributed by atoms with van der Waals surface area (Å²) in [6, 6.07) is 15.3. The highest BCUT2D eigenvalue weighted by Gasteiger charge is 2.26. The Kier molecular flexibility index (Phi) is 5.33. The molecule has 3 aromatic heterocycles. The van der Waals surface area contributed by atoms with Crippen molar-refractivity contribution in [1.29, 1.82) is 0 Å². The summed E-state index contributed by atoms with van der Waals surface area (Å²) >= 11 is 1.71. The molecular weight excluding hydrogens is 480 g/mol. The van der Waals surface area contributed by atoms with Gasteiger partial charge in [-0.05, 0) is 44.0 Å². The summed E-state index contributed by atoms with van der Waals surface area (Å²) in [5, 5.41) is 4.41. The third-order valence-electron chi connectivity index (χ3n) is 7.55. The number of nitrogens with two attached hydrogens (primary N) is 1. The van der Waals surface area contributed by atoms with Crippen LogP contribution in [0.15, 0.2) is 54.4 Å². The summed E-state index contributed by atoms with van der Waals surface area (Å²) < 4.78 is 10.8. The Labute approximate surface area is 219 Å². The van der Waals surface area contributed by atoms with Gasteiger partial charge in [-0.15, -0.1) is 11.3 Å². The summed E-state index contributed by atoms with van der Waals surface area (Å²) in [4.78, 5) is 12.3. The second-order valence-corrected chi connectivity index (χ2v) is 11.1. The molecule has 7 nitrogen and oxygen atoms in total. The topological polar surface area (TPSA) is 74.1 Å². The van der Waals surface area contributed by atoms with E-state index in [0.29, 0.717) is 13.2 Å². The van der Waals surface area contributed by atoms with Crippen LogP contribution >= 0.6 is 11.3 Å². The number of para-hydroxylation sites is 1. The van der Waals surface area contributed by atoms with Crippen molar-refractivity contribution in [1.82, 2.24) is 24.0 Å². The Morgan fingerprint density at radius 2 is 2.08 bits per heavy atom. The number of ether oxygens (including phenoxy) is 1. The molecule has 2 N–H and O–H groups in total. The fourth-order valence-corrected chi connectivity index (χ4v) is 6.54. The van der Waals surface area contributed by atoms with Crippen LogP contribution in [0.2, 0.25) is 0 Å².